The molecule has 4 nitrogen and oxygen atoms in total. The summed E-state index contributed by atoms with van der Waals surface area (Å²) >= 11 is 0. The Kier molecular flexibility index (Phi) is 3.57. The van der Waals surface area contributed by atoms with Gasteiger partial charge < -0.3 is 10.1 Å². The van der Waals surface area contributed by atoms with E-state index in [0.717, 1.165) is 5.56 Å². The summed E-state index contributed by atoms with van der Waals surface area (Å²) < 4.78 is 0.661. The van der Waals surface area contributed by atoms with Gasteiger partial charge in [0.2, 0.25) is 0 Å². The molecule has 0 unspecified atom stereocenters. The zero-order chi connectivity index (χ0) is 13.0. The number of hydrogen-bond acceptors (Lipinski definition) is 2. The van der Waals surface area contributed by atoms with Crippen molar-refractivity contribution in [2.45, 2.75) is 6.54 Å². The number of benzene rings is 1. The molecule has 1 aromatic carbocycles. The van der Waals surface area contributed by atoms with Gasteiger partial charge in [0.25, 0.3) is 5.91 Å². The fourth-order valence-corrected chi connectivity index (χ4v) is 1.70. The standard InChI is InChI=1S/C14H14N2O2/c1-15(11-12-5-3-2-4-6-12)14(17)13-7-9-16(18)10-8-13/h2-10H,11H2,1H3. The molecule has 0 fully saturated rings. The molecule has 0 bridgehead atoms. The maximum Gasteiger partial charge on any atom is 0.254 e. The SMILES string of the molecule is CN(Cc1ccccc1)C(=O)c1cc[n+]([O-])cc1. The van der Waals surface area contributed by atoms with E-state index < -0.39 is 0 Å². The minimum absolute atomic E-state index is 0.0977. The average molecular weight is 242 g/mol. The number of pyridine rings is 1. The number of nitrogens with zero attached hydrogens (tertiary/aromatic N) is 2. The van der Waals surface area contributed by atoms with Gasteiger partial charge in [0.1, 0.15) is 0 Å². The lowest BCUT2D eigenvalue weighted by molar-refractivity contribution is -0.605. The van der Waals surface area contributed by atoms with Gasteiger partial charge in [-0.2, -0.15) is 4.73 Å². The summed E-state index contributed by atoms with van der Waals surface area (Å²) in [5.41, 5.74) is 1.59. The molecule has 1 aromatic heterocycles. The molecule has 0 saturated heterocycles. The lowest BCUT2D eigenvalue weighted by atomic mass is 10.2. The Balaban J connectivity index is 2.07. The fraction of sp³-hybridized carbons (Fsp3) is 0.143. The van der Waals surface area contributed by atoms with Crippen LogP contribution >= 0.6 is 0 Å². The largest absolute Gasteiger partial charge is 0.619 e. The van der Waals surface area contributed by atoms with Crippen molar-refractivity contribution in [1.82, 2.24) is 4.90 Å². The van der Waals surface area contributed by atoms with Gasteiger partial charge in [-0.3, -0.25) is 4.79 Å². The molecule has 2 aromatic rings. The minimum atomic E-state index is -0.0977. The van der Waals surface area contributed by atoms with E-state index in [1.165, 1.54) is 24.5 Å². The lowest BCUT2D eigenvalue weighted by Gasteiger charge is -2.17. The van der Waals surface area contributed by atoms with Crippen LogP contribution in [0.5, 0.6) is 0 Å². The van der Waals surface area contributed by atoms with Crippen LogP contribution < -0.4 is 4.73 Å². The maximum atomic E-state index is 12.1. The first-order valence-corrected chi connectivity index (χ1v) is 5.65. The summed E-state index contributed by atoms with van der Waals surface area (Å²) in [7, 11) is 1.74. The van der Waals surface area contributed by atoms with E-state index in [9.17, 15) is 10.0 Å². The second-order valence-electron chi connectivity index (χ2n) is 4.09. The number of aromatic nitrogens is 1. The molecular formula is C14H14N2O2. The zero-order valence-corrected chi connectivity index (χ0v) is 10.1. The molecule has 1 heterocycles. The highest BCUT2D eigenvalue weighted by Crippen LogP contribution is 2.07. The second-order valence-corrected chi connectivity index (χ2v) is 4.09. The van der Waals surface area contributed by atoms with Gasteiger partial charge in [-0.1, -0.05) is 30.3 Å². The summed E-state index contributed by atoms with van der Waals surface area (Å²) in [4.78, 5) is 13.7. The fourth-order valence-electron chi connectivity index (χ4n) is 1.70. The second kappa shape index (κ2) is 5.31. The van der Waals surface area contributed by atoms with E-state index in [0.29, 0.717) is 16.8 Å². The molecule has 0 atom stereocenters. The van der Waals surface area contributed by atoms with Crippen LogP contribution in [0.15, 0.2) is 54.9 Å². The maximum absolute atomic E-state index is 12.1. The molecule has 0 aliphatic rings. The third-order valence-electron chi connectivity index (χ3n) is 2.66. The van der Waals surface area contributed by atoms with Crippen molar-refractivity contribution in [3.8, 4) is 0 Å². The molecule has 4 heteroatoms. The smallest absolute Gasteiger partial charge is 0.254 e. The topological polar surface area (TPSA) is 47.2 Å². The molecule has 0 radical (unpaired) electrons. The molecule has 0 aliphatic carbocycles. The summed E-state index contributed by atoms with van der Waals surface area (Å²) in [6, 6.07) is 12.8. The van der Waals surface area contributed by atoms with Gasteiger partial charge in [0, 0.05) is 25.7 Å². The first-order valence-electron chi connectivity index (χ1n) is 5.65. The van der Waals surface area contributed by atoms with E-state index in [4.69, 9.17) is 0 Å². The van der Waals surface area contributed by atoms with Gasteiger partial charge in [-0.25, -0.2) is 0 Å². The zero-order valence-electron chi connectivity index (χ0n) is 10.1. The molecule has 0 spiro atoms. The highest BCUT2D eigenvalue weighted by Gasteiger charge is 2.12. The number of rotatable bonds is 3. The average Bonchev–Trinajstić information content (AvgIpc) is 2.40. The van der Waals surface area contributed by atoms with Crippen LogP contribution in [0.4, 0.5) is 0 Å². The monoisotopic (exact) mass is 242 g/mol. The third kappa shape index (κ3) is 2.85. The predicted molar refractivity (Wildman–Crippen MR) is 67.6 cm³/mol. The summed E-state index contributed by atoms with van der Waals surface area (Å²) in [5, 5.41) is 10.9. The van der Waals surface area contributed by atoms with Crippen LogP contribution in [0.1, 0.15) is 15.9 Å². The van der Waals surface area contributed by atoms with Crippen LogP contribution in [0.2, 0.25) is 0 Å². The van der Waals surface area contributed by atoms with Crippen molar-refractivity contribution in [1.29, 1.82) is 0 Å². The molecule has 2 rings (SSSR count). The van der Waals surface area contributed by atoms with Gasteiger partial charge >= 0.3 is 0 Å². The van der Waals surface area contributed by atoms with E-state index in [1.807, 2.05) is 30.3 Å². The number of carbonyl (C=O) groups is 1. The van der Waals surface area contributed by atoms with Gasteiger partial charge in [-0.05, 0) is 5.56 Å². The van der Waals surface area contributed by atoms with Crippen molar-refractivity contribution in [3.63, 3.8) is 0 Å². The highest BCUT2D eigenvalue weighted by molar-refractivity contribution is 5.93. The summed E-state index contributed by atoms with van der Waals surface area (Å²) in [5.74, 6) is -0.0977. The van der Waals surface area contributed by atoms with E-state index in [1.54, 1.807) is 11.9 Å². The van der Waals surface area contributed by atoms with Crippen molar-refractivity contribution in [2.75, 3.05) is 7.05 Å². The quantitative estimate of drug-likeness (QED) is 0.606. The van der Waals surface area contributed by atoms with E-state index in [-0.39, 0.29) is 5.91 Å². The van der Waals surface area contributed by atoms with Crippen molar-refractivity contribution in [2.24, 2.45) is 0 Å². The molecule has 0 N–H and O–H groups in total. The molecule has 1 amide bonds. The third-order valence-corrected chi connectivity index (χ3v) is 2.66. The molecule has 0 saturated carbocycles. The Hall–Kier alpha value is -2.36. The van der Waals surface area contributed by atoms with Gasteiger partial charge in [0.15, 0.2) is 12.4 Å². The Bertz CT molecular complexity index is 523. The lowest BCUT2D eigenvalue weighted by Crippen LogP contribution is -2.29. The number of carbonyl (C=O) groups excluding carboxylic acids is 1. The first kappa shape index (κ1) is 12.1. The molecule has 92 valence electrons. The van der Waals surface area contributed by atoms with Gasteiger partial charge in [0.05, 0.1) is 5.56 Å². The Labute approximate surface area is 106 Å². The Morgan fingerprint density at radius 1 is 1.17 bits per heavy atom. The minimum Gasteiger partial charge on any atom is -0.619 e. The van der Waals surface area contributed by atoms with Crippen LogP contribution in [-0.4, -0.2) is 17.9 Å². The number of hydrogen-bond donors (Lipinski definition) is 0. The van der Waals surface area contributed by atoms with Crippen LogP contribution in [0.25, 0.3) is 0 Å². The Morgan fingerprint density at radius 2 is 1.78 bits per heavy atom. The predicted octanol–water partition coefficient (Wildman–Crippen LogP) is 1.59. The summed E-state index contributed by atoms with van der Waals surface area (Å²) in [6.45, 7) is 0.548. The molecule has 18 heavy (non-hydrogen) atoms. The van der Waals surface area contributed by atoms with E-state index >= 15 is 0 Å². The van der Waals surface area contributed by atoms with Crippen LogP contribution in [0.3, 0.4) is 0 Å². The van der Waals surface area contributed by atoms with Crippen molar-refractivity contribution >= 4 is 5.91 Å². The number of amides is 1. The Morgan fingerprint density at radius 3 is 2.39 bits per heavy atom. The van der Waals surface area contributed by atoms with E-state index in [2.05, 4.69) is 0 Å². The van der Waals surface area contributed by atoms with Crippen LogP contribution in [-0.2, 0) is 6.54 Å². The molecular weight excluding hydrogens is 228 g/mol. The first-order chi connectivity index (χ1) is 8.66. The van der Waals surface area contributed by atoms with Crippen LogP contribution in [0, 0.1) is 5.21 Å². The van der Waals surface area contributed by atoms with Gasteiger partial charge in [-0.15, -0.1) is 0 Å². The van der Waals surface area contributed by atoms with Crippen molar-refractivity contribution < 1.29 is 9.52 Å². The summed E-state index contributed by atoms with van der Waals surface area (Å²) in [6.07, 6.45) is 2.65. The molecule has 0 aliphatic heterocycles. The normalized spacial score (nSPS) is 10.1. The van der Waals surface area contributed by atoms with Crippen molar-refractivity contribution in [3.05, 3.63) is 71.2 Å². The highest BCUT2D eigenvalue weighted by atomic mass is 16.5.